The Labute approximate surface area is 132 Å². The van der Waals surface area contributed by atoms with Gasteiger partial charge in [-0.25, -0.2) is 0 Å². The SMILES string of the molecule is O=C1CC[N+]2(CCN(CCc3ccccc3)CC2)C(Cl)C1. The zero-order valence-corrected chi connectivity index (χ0v) is 13.3. The zero-order chi connectivity index (χ0) is 14.7. The summed E-state index contributed by atoms with van der Waals surface area (Å²) in [5.41, 5.74) is 1.41. The van der Waals surface area contributed by atoms with E-state index in [1.54, 1.807) is 0 Å². The van der Waals surface area contributed by atoms with E-state index >= 15 is 0 Å². The van der Waals surface area contributed by atoms with Gasteiger partial charge in [-0.2, -0.15) is 0 Å². The summed E-state index contributed by atoms with van der Waals surface area (Å²) >= 11 is 6.50. The van der Waals surface area contributed by atoms with Crippen molar-refractivity contribution >= 4 is 17.4 Å². The molecule has 2 aliphatic heterocycles. The minimum absolute atomic E-state index is 0.00234. The first-order valence-corrected chi connectivity index (χ1v) is 8.39. The molecule has 114 valence electrons. The van der Waals surface area contributed by atoms with Gasteiger partial charge in [0, 0.05) is 19.6 Å². The number of alkyl halides is 1. The summed E-state index contributed by atoms with van der Waals surface area (Å²) in [5.74, 6) is 0.338. The summed E-state index contributed by atoms with van der Waals surface area (Å²) in [4.78, 5) is 14.1. The highest BCUT2D eigenvalue weighted by molar-refractivity contribution is 6.21. The molecule has 0 aliphatic carbocycles. The van der Waals surface area contributed by atoms with Crippen LogP contribution in [0, 0.1) is 0 Å². The van der Waals surface area contributed by atoms with Crippen molar-refractivity contribution in [1.29, 1.82) is 0 Å². The Bertz CT molecular complexity index is 483. The van der Waals surface area contributed by atoms with Gasteiger partial charge in [0.2, 0.25) is 0 Å². The summed E-state index contributed by atoms with van der Waals surface area (Å²) in [6.07, 6.45) is 2.39. The first-order valence-electron chi connectivity index (χ1n) is 7.96. The van der Waals surface area contributed by atoms with Crippen molar-refractivity contribution in [3.8, 4) is 0 Å². The van der Waals surface area contributed by atoms with Crippen molar-refractivity contribution in [3.63, 3.8) is 0 Å². The highest BCUT2D eigenvalue weighted by Gasteiger charge is 2.43. The smallest absolute Gasteiger partial charge is 0.172 e. The average molecular weight is 308 g/mol. The van der Waals surface area contributed by atoms with E-state index in [9.17, 15) is 4.79 Å². The van der Waals surface area contributed by atoms with Crippen LogP contribution in [0.4, 0.5) is 0 Å². The Kier molecular flexibility index (Phi) is 4.63. The molecule has 0 aromatic heterocycles. The van der Waals surface area contributed by atoms with Crippen molar-refractivity contribution in [2.75, 3.05) is 39.3 Å². The van der Waals surface area contributed by atoms with Crippen LogP contribution in [0.5, 0.6) is 0 Å². The molecule has 0 saturated carbocycles. The van der Waals surface area contributed by atoms with Gasteiger partial charge in [-0.1, -0.05) is 41.9 Å². The number of piperazine rings is 1. The molecule has 2 fully saturated rings. The maximum Gasteiger partial charge on any atom is 0.172 e. The highest BCUT2D eigenvalue weighted by Crippen LogP contribution is 2.28. The normalized spacial score (nSPS) is 26.1. The zero-order valence-electron chi connectivity index (χ0n) is 12.5. The Morgan fingerprint density at radius 3 is 2.52 bits per heavy atom. The fourth-order valence-corrected chi connectivity index (χ4v) is 4.00. The molecule has 3 rings (SSSR count). The lowest BCUT2D eigenvalue weighted by molar-refractivity contribution is -0.944. The molecule has 2 heterocycles. The van der Waals surface area contributed by atoms with Gasteiger partial charge < -0.3 is 4.48 Å². The number of piperidine rings is 1. The number of hydrogen-bond acceptors (Lipinski definition) is 2. The van der Waals surface area contributed by atoms with E-state index in [2.05, 4.69) is 35.2 Å². The third-order valence-corrected chi connectivity index (χ3v) is 5.68. The van der Waals surface area contributed by atoms with E-state index in [1.807, 2.05) is 0 Å². The number of rotatable bonds is 3. The van der Waals surface area contributed by atoms with Crippen LogP contribution in [0.2, 0.25) is 0 Å². The topological polar surface area (TPSA) is 20.3 Å². The van der Waals surface area contributed by atoms with Gasteiger partial charge >= 0.3 is 0 Å². The molecular formula is C17H24ClN2O+. The van der Waals surface area contributed by atoms with Crippen LogP contribution >= 0.6 is 11.6 Å². The van der Waals surface area contributed by atoms with E-state index in [0.717, 1.165) is 50.2 Å². The number of carbonyl (C=O) groups is 1. The second-order valence-electron chi connectivity index (χ2n) is 6.39. The molecule has 0 bridgehead atoms. The molecule has 0 radical (unpaired) electrons. The molecular weight excluding hydrogens is 284 g/mol. The summed E-state index contributed by atoms with van der Waals surface area (Å²) in [6.45, 7) is 6.45. The van der Waals surface area contributed by atoms with Crippen molar-refractivity contribution in [3.05, 3.63) is 35.9 Å². The number of hydrogen-bond donors (Lipinski definition) is 0. The Hall–Kier alpha value is -0.900. The molecule has 2 saturated heterocycles. The standard InChI is InChI=1S/C17H24ClN2O/c18-17-14-16(21)7-11-20(17)12-9-19(10-13-20)8-6-15-4-2-1-3-5-15/h1-5,17H,6-14H2/q+1. The molecule has 1 atom stereocenters. The molecule has 3 nitrogen and oxygen atoms in total. The lowest BCUT2D eigenvalue weighted by Crippen LogP contribution is -2.65. The summed E-state index contributed by atoms with van der Waals surface area (Å²) in [5, 5.41) is 0. The first-order chi connectivity index (χ1) is 10.2. The number of benzene rings is 1. The molecule has 0 N–H and O–H groups in total. The van der Waals surface area contributed by atoms with E-state index < -0.39 is 0 Å². The van der Waals surface area contributed by atoms with Crippen LogP contribution in [0.1, 0.15) is 18.4 Å². The number of halogens is 1. The van der Waals surface area contributed by atoms with Gasteiger partial charge in [-0.3, -0.25) is 9.69 Å². The summed E-state index contributed by atoms with van der Waals surface area (Å²) in [6, 6.07) is 10.7. The Morgan fingerprint density at radius 2 is 1.86 bits per heavy atom. The van der Waals surface area contributed by atoms with Crippen LogP contribution in [0.15, 0.2) is 30.3 Å². The third-order valence-electron chi connectivity index (χ3n) is 5.11. The predicted molar refractivity (Wildman–Crippen MR) is 85.3 cm³/mol. The molecule has 1 aromatic rings. The van der Waals surface area contributed by atoms with Crippen molar-refractivity contribution in [2.24, 2.45) is 0 Å². The lowest BCUT2D eigenvalue weighted by atomic mass is 10.0. The van der Waals surface area contributed by atoms with Crippen LogP contribution in [-0.4, -0.2) is 59.9 Å². The van der Waals surface area contributed by atoms with E-state index in [1.165, 1.54) is 5.56 Å². The van der Waals surface area contributed by atoms with Crippen LogP contribution in [-0.2, 0) is 11.2 Å². The monoisotopic (exact) mass is 307 g/mol. The highest BCUT2D eigenvalue weighted by atomic mass is 35.5. The molecule has 4 heteroatoms. The maximum atomic E-state index is 11.5. The van der Waals surface area contributed by atoms with Gasteiger partial charge in [-0.05, 0) is 12.0 Å². The number of nitrogens with zero attached hydrogens (tertiary/aromatic N) is 2. The number of quaternary nitrogens is 1. The quantitative estimate of drug-likeness (QED) is 0.485. The molecule has 1 aromatic carbocycles. The minimum atomic E-state index is 0.00234. The minimum Gasteiger partial charge on any atom is -0.306 e. The molecule has 21 heavy (non-hydrogen) atoms. The largest absolute Gasteiger partial charge is 0.306 e. The Morgan fingerprint density at radius 1 is 1.14 bits per heavy atom. The summed E-state index contributed by atoms with van der Waals surface area (Å²) in [7, 11) is 0. The fraction of sp³-hybridized carbons (Fsp3) is 0.588. The average Bonchev–Trinajstić information content (AvgIpc) is 2.52. The fourth-order valence-electron chi connectivity index (χ4n) is 3.54. The second kappa shape index (κ2) is 6.47. The summed E-state index contributed by atoms with van der Waals surface area (Å²) < 4.78 is 0.954. The van der Waals surface area contributed by atoms with Crippen molar-refractivity contribution in [2.45, 2.75) is 24.8 Å². The molecule has 2 aliphatic rings. The molecule has 1 spiro atoms. The van der Waals surface area contributed by atoms with Crippen molar-refractivity contribution < 1.29 is 9.28 Å². The Balaban J connectivity index is 1.50. The van der Waals surface area contributed by atoms with Crippen LogP contribution in [0.25, 0.3) is 0 Å². The van der Waals surface area contributed by atoms with E-state index in [-0.39, 0.29) is 5.50 Å². The molecule has 1 unspecified atom stereocenters. The van der Waals surface area contributed by atoms with Crippen LogP contribution < -0.4 is 0 Å². The number of ketones is 1. The van der Waals surface area contributed by atoms with E-state index in [4.69, 9.17) is 11.6 Å². The van der Waals surface area contributed by atoms with Crippen LogP contribution in [0.3, 0.4) is 0 Å². The molecule has 0 amide bonds. The predicted octanol–water partition coefficient (Wildman–Crippen LogP) is 2.29. The second-order valence-corrected chi connectivity index (χ2v) is 6.90. The maximum absolute atomic E-state index is 11.5. The third kappa shape index (κ3) is 3.47. The lowest BCUT2D eigenvalue weighted by Gasteiger charge is -2.49. The number of Topliss-reactive ketones (excluding diaryl/α,β-unsaturated/α-hetero) is 1. The van der Waals surface area contributed by atoms with Gasteiger partial charge in [0.05, 0.1) is 32.5 Å². The van der Waals surface area contributed by atoms with Gasteiger partial charge in [0.1, 0.15) is 5.78 Å². The van der Waals surface area contributed by atoms with Gasteiger partial charge in [0.15, 0.2) is 5.50 Å². The van der Waals surface area contributed by atoms with Crippen molar-refractivity contribution in [1.82, 2.24) is 4.90 Å². The van der Waals surface area contributed by atoms with Gasteiger partial charge in [-0.15, -0.1) is 0 Å². The van der Waals surface area contributed by atoms with E-state index in [0.29, 0.717) is 18.6 Å². The van der Waals surface area contributed by atoms with Gasteiger partial charge in [0.25, 0.3) is 0 Å². The first kappa shape index (κ1) is 15.0. The number of carbonyl (C=O) groups excluding carboxylic acids is 1.